The first kappa shape index (κ1) is 16.0. The summed E-state index contributed by atoms with van der Waals surface area (Å²) in [6, 6.07) is 5.32. The highest BCUT2D eigenvalue weighted by Crippen LogP contribution is 2.20. The van der Waals surface area contributed by atoms with E-state index in [9.17, 15) is 9.59 Å². The van der Waals surface area contributed by atoms with Gasteiger partial charge in [0, 0.05) is 18.3 Å². The van der Waals surface area contributed by atoms with Crippen molar-refractivity contribution in [1.29, 1.82) is 0 Å². The molecule has 1 rings (SSSR count). The Morgan fingerprint density at radius 2 is 2.00 bits per heavy atom. The number of anilines is 2. The molecular weight excluding hydrogens is 256 g/mol. The molecule has 0 saturated heterocycles. The van der Waals surface area contributed by atoms with Crippen LogP contribution in [-0.2, 0) is 9.53 Å². The van der Waals surface area contributed by atoms with Gasteiger partial charge in [0.15, 0.2) is 0 Å². The Balaban J connectivity index is 2.66. The van der Waals surface area contributed by atoms with Gasteiger partial charge in [-0.1, -0.05) is 26.3 Å². The number of benzene rings is 1. The minimum absolute atomic E-state index is 0.154. The quantitative estimate of drug-likeness (QED) is 0.865. The minimum atomic E-state index is -0.478. The van der Waals surface area contributed by atoms with Crippen molar-refractivity contribution in [3.8, 4) is 0 Å². The summed E-state index contributed by atoms with van der Waals surface area (Å²) in [5, 5.41) is 5.36. The van der Waals surface area contributed by atoms with Crippen molar-refractivity contribution >= 4 is 23.4 Å². The third-order valence-electron chi connectivity index (χ3n) is 2.99. The van der Waals surface area contributed by atoms with Crippen LogP contribution < -0.4 is 10.6 Å². The molecule has 0 aliphatic heterocycles. The van der Waals surface area contributed by atoms with E-state index in [1.54, 1.807) is 12.1 Å². The summed E-state index contributed by atoms with van der Waals surface area (Å²) in [6.45, 7) is 7.78. The first-order valence-corrected chi connectivity index (χ1v) is 6.74. The Bertz CT molecular complexity index is 486. The summed E-state index contributed by atoms with van der Waals surface area (Å²) >= 11 is 0. The van der Waals surface area contributed by atoms with E-state index in [1.165, 1.54) is 6.92 Å². The van der Waals surface area contributed by atoms with Gasteiger partial charge in [0.2, 0.25) is 5.91 Å². The molecule has 0 radical (unpaired) electrons. The molecule has 0 spiro atoms. The number of hydrogen-bond donors (Lipinski definition) is 2. The van der Waals surface area contributed by atoms with Crippen molar-refractivity contribution < 1.29 is 14.3 Å². The second-order valence-corrected chi connectivity index (χ2v) is 4.95. The second-order valence-electron chi connectivity index (χ2n) is 4.95. The van der Waals surface area contributed by atoms with Crippen molar-refractivity contribution in [3.63, 3.8) is 0 Å². The Morgan fingerprint density at radius 3 is 2.60 bits per heavy atom. The van der Waals surface area contributed by atoms with E-state index >= 15 is 0 Å². The largest absolute Gasteiger partial charge is 0.449 e. The topological polar surface area (TPSA) is 67.4 Å². The normalized spacial score (nSPS) is 11.6. The van der Waals surface area contributed by atoms with Crippen LogP contribution in [0.1, 0.15) is 32.8 Å². The average molecular weight is 278 g/mol. The number of carbonyl (C=O) groups excluding carboxylic acids is 2. The van der Waals surface area contributed by atoms with Crippen LogP contribution >= 0.6 is 0 Å². The molecule has 0 fully saturated rings. The average Bonchev–Trinajstić information content (AvgIpc) is 2.39. The first-order chi connectivity index (χ1) is 9.42. The summed E-state index contributed by atoms with van der Waals surface area (Å²) in [4.78, 5) is 22.7. The van der Waals surface area contributed by atoms with Gasteiger partial charge in [-0.3, -0.25) is 10.1 Å². The van der Waals surface area contributed by atoms with Gasteiger partial charge < -0.3 is 10.1 Å². The molecular formula is C15H22N2O3. The van der Waals surface area contributed by atoms with E-state index in [0.29, 0.717) is 23.9 Å². The van der Waals surface area contributed by atoms with Gasteiger partial charge in [0.05, 0.1) is 6.61 Å². The van der Waals surface area contributed by atoms with Gasteiger partial charge in [0.1, 0.15) is 0 Å². The van der Waals surface area contributed by atoms with Gasteiger partial charge >= 0.3 is 6.09 Å². The number of nitrogens with one attached hydrogen (secondary N) is 2. The fourth-order valence-electron chi connectivity index (χ4n) is 1.52. The molecule has 0 heterocycles. The molecule has 0 aliphatic carbocycles. The minimum Gasteiger partial charge on any atom is -0.449 e. The summed E-state index contributed by atoms with van der Waals surface area (Å²) in [6.07, 6.45) is 0.484. The highest BCUT2D eigenvalue weighted by molar-refractivity contribution is 5.91. The van der Waals surface area contributed by atoms with E-state index in [-0.39, 0.29) is 5.91 Å². The smallest absolute Gasteiger partial charge is 0.411 e. The lowest BCUT2D eigenvalue weighted by molar-refractivity contribution is -0.114. The van der Waals surface area contributed by atoms with Crippen molar-refractivity contribution in [1.82, 2.24) is 0 Å². The Hall–Kier alpha value is -2.04. The molecule has 5 nitrogen and oxygen atoms in total. The van der Waals surface area contributed by atoms with Gasteiger partial charge in [-0.15, -0.1) is 0 Å². The number of hydrogen-bond acceptors (Lipinski definition) is 3. The zero-order valence-electron chi connectivity index (χ0n) is 12.4. The highest BCUT2D eigenvalue weighted by Gasteiger charge is 2.09. The van der Waals surface area contributed by atoms with Crippen molar-refractivity contribution in [2.24, 2.45) is 5.92 Å². The van der Waals surface area contributed by atoms with Gasteiger partial charge in [0.25, 0.3) is 0 Å². The Kier molecular flexibility index (Phi) is 6.03. The van der Waals surface area contributed by atoms with Gasteiger partial charge in [-0.2, -0.15) is 0 Å². The predicted molar refractivity (Wildman–Crippen MR) is 79.9 cm³/mol. The molecule has 1 unspecified atom stereocenters. The third kappa shape index (κ3) is 5.30. The maximum atomic E-state index is 11.7. The zero-order valence-corrected chi connectivity index (χ0v) is 12.4. The van der Waals surface area contributed by atoms with Crippen LogP contribution in [-0.4, -0.2) is 18.6 Å². The maximum Gasteiger partial charge on any atom is 0.411 e. The monoisotopic (exact) mass is 278 g/mol. The number of amides is 2. The lowest BCUT2D eigenvalue weighted by atomic mass is 10.1. The van der Waals surface area contributed by atoms with E-state index in [2.05, 4.69) is 10.6 Å². The SMILES string of the molecule is CCC(C)COC(=O)Nc1cc(NC(C)=O)ccc1C. The van der Waals surface area contributed by atoms with Crippen LogP contribution in [0.4, 0.5) is 16.2 Å². The zero-order chi connectivity index (χ0) is 15.1. The molecule has 5 heteroatoms. The molecule has 2 N–H and O–H groups in total. The van der Waals surface area contributed by atoms with Crippen LogP contribution in [0.15, 0.2) is 18.2 Å². The number of carbonyl (C=O) groups is 2. The second kappa shape index (κ2) is 7.53. The molecule has 1 aromatic carbocycles. The van der Waals surface area contributed by atoms with Gasteiger partial charge in [-0.25, -0.2) is 4.79 Å². The van der Waals surface area contributed by atoms with Crippen molar-refractivity contribution in [2.45, 2.75) is 34.1 Å². The predicted octanol–water partition coefficient (Wildman–Crippen LogP) is 3.55. The fraction of sp³-hybridized carbons (Fsp3) is 0.467. The molecule has 0 saturated carbocycles. The fourth-order valence-corrected chi connectivity index (χ4v) is 1.52. The highest BCUT2D eigenvalue weighted by atomic mass is 16.5. The lowest BCUT2D eigenvalue weighted by Gasteiger charge is -2.13. The number of aryl methyl sites for hydroxylation is 1. The van der Waals surface area contributed by atoms with Crippen LogP contribution in [0.5, 0.6) is 0 Å². The summed E-state index contributed by atoms with van der Waals surface area (Å²) in [7, 11) is 0. The molecule has 0 aromatic heterocycles. The summed E-state index contributed by atoms with van der Waals surface area (Å²) in [5.74, 6) is 0.187. The van der Waals surface area contributed by atoms with Gasteiger partial charge in [-0.05, 0) is 30.5 Å². The molecule has 110 valence electrons. The number of rotatable bonds is 5. The van der Waals surface area contributed by atoms with Crippen LogP contribution in [0, 0.1) is 12.8 Å². The van der Waals surface area contributed by atoms with E-state index in [4.69, 9.17) is 4.74 Å². The molecule has 2 amide bonds. The van der Waals surface area contributed by atoms with E-state index in [0.717, 1.165) is 12.0 Å². The standard InChI is InChI=1S/C15H22N2O3/c1-5-10(2)9-20-15(19)17-14-8-13(16-12(4)18)7-6-11(14)3/h6-8,10H,5,9H2,1-4H3,(H,16,18)(H,17,19). The first-order valence-electron chi connectivity index (χ1n) is 6.74. The molecule has 1 aromatic rings. The molecule has 0 aliphatic rings. The Morgan fingerprint density at radius 1 is 1.30 bits per heavy atom. The van der Waals surface area contributed by atoms with Crippen molar-refractivity contribution in [3.05, 3.63) is 23.8 Å². The molecule has 1 atom stereocenters. The molecule has 20 heavy (non-hydrogen) atoms. The van der Waals surface area contributed by atoms with E-state index < -0.39 is 6.09 Å². The van der Waals surface area contributed by atoms with Crippen LogP contribution in [0.2, 0.25) is 0 Å². The van der Waals surface area contributed by atoms with Crippen molar-refractivity contribution in [2.75, 3.05) is 17.2 Å². The third-order valence-corrected chi connectivity index (χ3v) is 2.99. The summed E-state index contributed by atoms with van der Waals surface area (Å²) < 4.78 is 5.14. The maximum absolute atomic E-state index is 11.7. The number of ether oxygens (including phenoxy) is 1. The Labute approximate surface area is 119 Å². The molecule has 0 bridgehead atoms. The van der Waals surface area contributed by atoms with Crippen LogP contribution in [0.25, 0.3) is 0 Å². The van der Waals surface area contributed by atoms with Crippen LogP contribution in [0.3, 0.4) is 0 Å². The lowest BCUT2D eigenvalue weighted by Crippen LogP contribution is -2.18. The summed E-state index contributed by atoms with van der Waals surface area (Å²) in [5.41, 5.74) is 2.17. The van der Waals surface area contributed by atoms with E-state index in [1.807, 2.05) is 26.8 Å².